The molecule has 114 valence electrons. The van der Waals surface area contributed by atoms with Crippen molar-refractivity contribution in [2.75, 3.05) is 19.7 Å². The first-order chi connectivity index (χ1) is 10.1. The minimum atomic E-state index is -0.478. The van der Waals surface area contributed by atoms with Gasteiger partial charge in [-0.15, -0.1) is 0 Å². The predicted octanol–water partition coefficient (Wildman–Crippen LogP) is 1.15. The molecule has 1 heterocycles. The second-order valence-corrected chi connectivity index (χ2v) is 4.97. The molecular weight excluding hydrogens is 272 g/mol. The average Bonchev–Trinajstić information content (AvgIpc) is 2.88. The molecule has 1 aliphatic heterocycles. The van der Waals surface area contributed by atoms with Crippen LogP contribution >= 0.6 is 0 Å². The Hall–Kier alpha value is -2.08. The first-order valence-corrected chi connectivity index (χ1v) is 6.99. The van der Waals surface area contributed by atoms with E-state index in [1.165, 1.54) is 4.90 Å². The van der Waals surface area contributed by atoms with Crippen molar-refractivity contribution in [1.82, 2.24) is 4.90 Å². The van der Waals surface area contributed by atoms with E-state index in [9.17, 15) is 9.59 Å². The minimum absolute atomic E-state index is 0.204. The summed E-state index contributed by atoms with van der Waals surface area (Å²) in [7, 11) is 0. The molecular formula is C15H20N2O4. The standard InChI is InChI=1S/C15H20N2O4/c1-2-20-14(18)12-8-17(9-13(12)16)15(19)21-10-11-6-4-3-5-7-11/h3-7,12-13H,2,8-10,16H2,1H3/t12-,13-/m1/s1. The van der Waals surface area contributed by atoms with Crippen LogP contribution in [0, 0.1) is 5.92 Å². The second-order valence-electron chi connectivity index (χ2n) is 4.97. The molecule has 2 N–H and O–H groups in total. The lowest BCUT2D eigenvalue weighted by Gasteiger charge is -2.15. The highest BCUT2D eigenvalue weighted by molar-refractivity contribution is 5.76. The highest BCUT2D eigenvalue weighted by atomic mass is 16.6. The zero-order valence-corrected chi connectivity index (χ0v) is 12.0. The molecule has 6 heteroatoms. The average molecular weight is 292 g/mol. The van der Waals surface area contributed by atoms with E-state index < -0.39 is 18.1 Å². The van der Waals surface area contributed by atoms with E-state index in [0.29, 0.717) is 13.2 Å². The van der Waals surface area contributed by atoms with Crippen molar-refractivity contribution in [2.24, 2.45) is 11.7 Å². The van der Waals surface area contributed by atoms with Crippen LogP contribution in [0.15, 0.2) is 30.3 Å². The maximum absolute atomic E-state index is 12.0. The van der Waals surface area contributed by atoms with Gasteiger partial charge in [0.15, 0.2) is 0 Å². The van der Waals surface area contributed by atoms with E-state index in [0.717, 1.165) is 5.56 Å². The van der Waals surface area contributed by atoms with Gasteiger partial charge in [0.05, 0.1) is 12.5 Å². The minimum Gasteiger partial charge on any atom is -0.466 e. The van der Waals surface area contributed by atoms with Crippen LogP contribution in [-0.4, -0.2) is 42.7 Å². The van der Waals surface area contributed by atoms with Gasteiger partial charge in [0.2, 0.25) is 0 Å². The number of likely N-dealkylation sites (tertiary alicyclic amines) is 1. The van der Waals surface area contributed by atoms with Gasteiger partial charge < -0.3 is 20.1 Å². The first kappa shape index (κ1) is 15.3. The van der Waals surface area contributed by atoms with Crippen LogP contribution < -0.4 is 5.73 Å². The monoisotopic (exact) mass is 292 g/mol. The molecule has 1 saturated heterocycles. The second kappa shape index (κ2) is 7.08. The lowest BCUT2D eigenvalue weighted by molar-refractivity contribution is -0.147. The van der Waals surface area contributed by atoms with Crippen LogP contribution in [0.2, 0.25) is 0 Å². The fourth-order valence-corrected chi connectivity index (χ4v) is 2.29. The third-order valence-electron chi connectivity index (χ3n) is 3.42. The van der Waals surface area contributed by atoms with Crippen molar-refractivity contribution >= 4 is 12.1 Å². The summed E-state index contributed by atoms with van der Waals surface area (Å²) in [5.41, 5.74) is 6.81. The number of nitrogens with zero attached hydrogens (tertiary/aromatic N) is 1. The number of hydrogen-bond acceptors (Lipinski definition) is 5. The van der Waals surface area contributed by atoms with E-state index in [2.05, 4.69) is 0 Å². The molecule has 6 nitrogen and oxygen atoms in total. The van der Waals surface area contributed by atoms with E-state index in [-0.39, 0.29) is 19.1 Å². The van der Waals surface area contributed by atoms with Crippen LogP contribution in [0.4, 0.5) is 4.79 Å². The molecule has 1 fully saturated rings. The van der Waals surface area contributed by atoms with Gasteiger partial charge >= 0.3 is 12.1 Å². The van der Waals surface area contributed by atoms with E-state index in [4.69, 9.17) is 15.2 Å². The van der Waals surface area contributed by atoms with Gasteiger partial charge in [-0.25, -0.2) is 4.79 Å². The summed E-state index contributed by atoms with van der Waals surface area (Å²) in [6.07, 6.45) is -0.457. The summed E-state index contributed by atoms with van der Waals surface area (Å²) >= 11 is 0. The molecule has 1 aromatic carbocycles. The number of nitrogens with two attached hydrogens (primary N) is 1. The Labute approximate surface area is 123 Å². The van der Waals surface area contributed by atoms with Crippen LogP contribution in [0.25, 0.3) is 0 Å². The fraction of sp³-hybridized carbons (Fsp3) is 0.467. The van der Waals surface area contributed by atoms with Gasteiger partial charge in [-0.2, -0.15) is 0 Å². The van der Waals surface area contributed by atoms with Gasteiger partial charge in [0, 0.05) is 19.1 Å². The Morgan fingerprint density at radius 1 is 1.24 bits per heavy atom. The molecule has 0 spiro atoms. The van der Waals surface area contributed by atoms with Crippen molar-refractivity contribution < 1.29 is 19.1 Å². The van der Waals surface area contributed by atoms with Gasteiger partial charge in [-0.05, 0) is 12.5 Å². The van der Waals surface area contributed by atoms with Crippen molar-refractivity contribution in [3.63, 3.8) is 0 Å². The molecule has 2 rings (SSSR count). The summed E-state index contributed by atoms with van der Waals surface area (Å²) in [6.45, 7) is 2.80. The number of rotatable bonds is 4. The molecule has 2 atom stereocenters. The Balaban J connectivity index is 1.85. The summed E-state index contributed by atoms with van der Waals surface area (Å²) in [5, 5.41) is 0. The van der Waals surface area contributed by atoms with Gasteiger partial charge in [-0.1, -0.05) is 30.3 Å². The predicted molar refractivity (Wildman–Crippen MR) is 76.3 cm³/mol. The fourth-order valence-electron chi connectivity index (χ4n) is 2.29. The zero-order valence-electron chi connectivity index (χ0n) is 12.0. The lowest BCUT2D eigenvalue weighted by Crippen LogP contribution is -2.35. The Morgan fingerprint density at radius 3 is 2.62 bits per heavy atom. The number of benzene rings is 1. The van der Waals surface area contributed by atoms with E-state index in [1.54, 1.807) is 6.92 Å². The molecule has 1 aromatic rings. The van der Waals surface area contributed by atoms with Gasteiger partial charge in [0.25, 0.3) is 0 Å². The molecule has 0 aromatic heterocycles. The Morgan fingerprint density at radius 2 is 1.95 bits per heavy atom. The Kier molecular flexibility index (Phi) is 5.16. The quantitative estimate of drug-likeness (QED) is 0.842. The van der Waals surface area contributed by atoms with Crippen molar-refractivity contribution in [1.29, 1.82) is 0 Å². The van der Waals surface area contributed by atoms with Crippen molar-refractivity contribution in [3.05, 3.63) is 35.9 Å². The summed E-state index contributed by atoms with van der Waals surface area (Å²) in [6, 6.07) is 9.01. The number of amides is 1. The summed E-state index contributed by atoms with van der Waals surface area (Å²) in [4.78, 5) is 25.2. The lowest BCUT2D eigenvalue weighted by atomic mass is 10.1. The van der Waals surface area contributed by atoms with E-state index >= 15 is 0 Å². The smallest absolute Gasteiger partial charge is 0.410 e. The van der Waals surface area contributed by atoms with Crippen LogP contribution in [-0.2, 0) is 20.9 Å². The highest BCUT2D eigenvalue weighted by Crippen LogP contribution is 2.18. The molecule has 1 aliphatic rings. The van der Waals surface area contributed by atoms with E-state index in [1.807, 2.05) is 30.3 Å². The molecule has 21 heavy (non-hydrogen) atoms. The number of carbonyl (C=O) groups excluding carboxylic acids is 2. The molecule has 0 bridgehead atoms. The number of esters is 1. The maximum atomic E-state index is 12.0. The molecule has 0 aliphatic carbocycles. The van der Waals surface area contributed by atoms with Crippen molar-refractivity contribution in [3.8, 4) is 0 Å². The van der Waals surface area contributed by atoms with Crippen LogP contribution in [0.5, 0.6) is 0 Å². The third kappa shape index (κ3) is 3.95. The SMILES string of the molecule is CCOC(=O)[C@@H]1CN(C(=O)OCc2ccccc2)C[C@H]1N. The molecule has 0 saturated carbocycles. The summed E-state index contributed by atoms with van der Waals surface area (Å²) in [5.74, 6) is -0.836. The zero-order chi connectivity index (χ0) is 15.2. The topological polar surface area (TPSA) is 81.9 Å². The first-order valence-electron chi connectivity index (χ1n) is 6.99. The van der Waals surface area contributed by atoms with Gasteiger partial charge in [-0.3, -0.25) is 4.79 Å². The number of ether oxygens (including phenoxy) is 2. The summed E-state index contributed by atoms with van der Waals surface area (Å²) < 4.78 is 10.2. The number of carbonyl (C=O) groups is 2. The molecule has 1 amide bonds. The highest BCUT2D eigenvalue weighted by Gasteiger charge is 2.39. The molecule has 0 unspecified atom stereocenters. The largest absolute Gasteiger partial charge is 0.466 e. The van der Waals surface area contributed by atoms with Crippen molar-refractivity contribution in [2.45, 2.75) is 19.6 Å². The normalized spacial score (nSPS) is 21.1. The number of hydrogen-bond donors (Lipinski definition) is 1. The van der Waals surface area contributed by atoms with Crippen LogP contribution in [0.1, 0.15) is 12.5 Å². The maximum Gasteiger partial charge on any atom is 0.410 e. The van der Waals surface area contributed by atoms with Gasteiger partial charge in [0.1, 0.15) is 6.61 Å². The van der Waals surface area contributed by atoms with Crippen LogP contribution in [0.3, 0.4) is 0 Å². The molecule has 0 radical (unpaired) electrons. The Bertz CT molecular complexity index is 492. The third-order valence-corrected chi connectivity index (χ3v) is 3.42.